The fourth-order valence-corrected chi connectivity index (χ4v) is 3.93. The van der Waals surface area contributed by atoms with Gasteiger partial charge in [0.25, 0.3) is 0 Å². The summed E-state index contributed by atoms with van der Waals surface area (Å²) in [4.78, 5) is 12.0. The molecule has 0 unspecified atom stereocenters. The van der Waals surface area contributed by atoms with Crippen molar-refractivity contribution in [1.82, 2.24) is 0 Å². The topological polar surface area (TPSA) is 29.1 Å². The van der Waals surface area contributed by atoms with Crippen LogP contribution in [-0.2, 0) is 4.79 Å². The monoisotopic (exact) mass is 277 g/mol. The zero-order valence-electron chi connectivity index (χ0n) is 12.1. The first kappa shape index (κ1) is 14.4. The number of thioether (sulfide) groups is 1. The van der Waals surface area contributed by atoms with E-state index in [0.717, 1.165) is 16.8 Å². The minimum Gasteiger partial charge on any atom is -0.325 e. The Morgan fingerprint density at radius 2 is 1.79 bits per heavy atom. The molecule has 104 valence electrons. The van der Waals surface area contributed by atoms with E-state index in [9.17, 15) is 4.79 Å². The fraction of sp³-hybridized carbons (Fsp3) is 0.562. The highest BCUT2D eigenvalue weighted by Crippen LogP contribution is 2.29. The Labute approximate surface area is 120 Å². The van der Waals surface area contributed by atoms with Crippen LogP contribution in [0.1, 0.15) is 42.4 Å². The quantitative estimate of drug-likeness (QED) is 0.892. The molecule has 2 nitrogen and oxygen atoms in total. The SMILES string of the molecule is Cc1cc(C)c(NC(=O)CSC2CCCC2)c(C)c1. The molecule has 1 fully saturated rings. The Bertz CT molecular complexity index is 441. The van der Waals surface area contributed by atoms with E-state index >= 15 is 0 Å². The maximum atomic E-state index is 12.0. The minimum absolute atomic E-state index is 0.131. The molecule has 3 heteroatoms. The summed E-state index contributed by atoms with van der Waals surface area (Å²) < 4.78 is 0. The first-order valence-corrected chi connectivity index (χ1v) is 8.10. The molecule has 0 spiro atoms. The molecule has 1 saturated carbocycles. The number of aryl methyl sites for hydroxylation is 3. The van der Waals surface area contributed by atoms with E-state index in [2.05, 4.69) is 38.2 Å². The summed E-state index contributed by atoms with van der Waals surface area (Å²) in [6.45, 7) is 6.20. The average molecular weight is 277 g/mol. The van der Waals surface area contributed by atoms with Crippen molar-refractivity contribution >= 4 is 23.4 Å². The number of rotatable bonds is 4. The molecular formula is C16H23NOS. The van der Waals surface area contributed by atoms with Crippen molar-refractivity contribution in [2.75, 3.05) is 11.1 Å². The normalized spacial score (nSPS) is 15.7. The lowest BCUT2D eigenvalue weighted by molar-refractivity contribution is -0.113. The summed E-state index contributed by atoms with van der Waals surface area (Å²) in [5.74, 6) is 0.712. The number of anilines is 1. The highest BCUT2D eigenvalue weighted by Gasteiger charge is 2.17. The van der Waals surface area contributed by atoms with Gasteiger partial charge < -0.3 is 5.32 Å². The molecule has 0 radical (unpaired) electrons. The first-order chi connectivity index (χ1) is 9.06. The van der Waals surface area contributed by atoms with Crippen molar-refractivity contribution < 1.29 is 4.79 Å². The van der Waals surface area contributed by atoms with Gasteiger partial charge in [-0.1, -0.05) is 30.5 Å². The molecule has 0 aromatic heterocycles. The molecule has 0 atom stereocenters. The third kappa shape index (κ3) is 4.00. The number of hydrogen-bond donors (Lipinski definition) is 1. The second kappa shape index (κ2) is 6.47. The molecule has 19 heavy (non-hydrogen) atoms. The summed E-state index contributed by atoms with van der Waals surface area (Å²) in [6, 6.07) is 4.24. The Morgan fingerprint density at radius 1 is 1.21 bits per heavy atom. The van der Waals surface area contributed by atoms with Gasteiger partial charge in [0.15, 0.2) is 0 Å². The molecule has 1 N–H and O–H groups in total. The van der Waals surface area contributed by atoms with E-state index in [1.54, 1.807) is 0 Å². The van der Waals surface area contributed by atoms with Crippen molar-refractivity contribution in [2.24, 2.45) is 0 Å². The van der Waals surface area contributed by atoms with Crippen LogP contribution in [0.2, 0.25) is 0 Å². The molecular weight excluding hydrogens is 254 g/mol. The standard InChI is InChI=1S/C16H23NOS/c1-11-8-12(2)16(13(3)9-11)17-15(18)10-19-14-6-4-5-7-14/h8-9,14H,4-7,10H2,1-3H3,(H,17,18). The van der Waals surface area contributed by atoms with Crippen LogP contribution in [0.4, 0.5) is 5.69 Å². The van der Waals surface area contributed by atoms with Gasteiger partial charge in [-0.2, -0.15) is 0 Å². The van der Waals surface area contributed by atoms with Gasteiger partial charge in [-0.05, 0) is 44.7 Å². The Morgan fingerprint density at radius 3 is 2.37 bits per heavy atom. The minimum atomic E-state index is 0.131. The van der Waals surface area contributed by atoms with Crippen LogP contribution >= 0.6 is 11.8 Å². The van der Waals surface area contributed by atoms with Gasteiger partial charge in [-0.3, -0.25) is 4.79 Å². The van der Waals surface area contributed by atoms with Gasteiger partial charge in [0.05, 0.1) is 5.75 Å². The third-order valence-electron chi connectivity index (χ3n) is 3.69. The molecule has 0 aliphatic heterocycles. The van der Waals surface area contributed by atoms with Crippen molar-refractivity contribution in [3.05, 3.63) is 28.8 Å². The zero-order valence-corrected chi connectivity index (χ0v) is 12.9. The molecule has 2 rings (SSSR count). The molecule has 1 aliphatic carbocycles. The lowest BCUT2D eigenvalue weighted by Crippen LogP contribution is -2.17. The van der Waals surface area contributed by atoms with Crippen LogP contribution < -0.4 is 5.32 Å². The van der Waals surface area contributed by atoms with Gasteiger partial charge in [-0.25, -0.2) is 0 Å². The van der Waals surface area contributed by atoms with Crippen LogP contribution in [0.3, 0.4) is 0 Å². The highest BCUT2D eigenvalue weighted by atomic mass is 32.2. The smallest absolute Gasteiger partial charge is 0.234 e. The summed E-state index contributed by atoms with van der Waals surface area (Å²) in [6.07, 6.45) is 5.21. The third-order valence-corrected chi connectivity index (χ3v) is 5.07. The lowest BCUT2D eigenvalue weighted by Gasteiger charge is -2.14. The van der Waals surface area contributed by atoms with Gasteiger partial charge in [0.1, 0.15) is 0 Å². The molecule has 0 bridgehead atoms. The predicted molar refractivity (Wildman–Crippen MR) is 84.0 cm³/mol. The van der Waals surface area contributed by atoms with E-state index in [1.165, 1.54) is 31.2 Å². The van der Waals surface area contributed by atoms with Crippen LogP contribution in [0.15, 0.2) is 12.1 Å². The largest absolute Gasteiger partial charge is 0.325 e. The summed E-state index contributed by atoms with van der Waals surface area (Å²) in [5.41, 5.74) is 4.53. The maximum Gasteiger partial charge on any atom is 0.234 e. The predicted octanol–water partition coefficient (Wildman–Crippen LogP) is 4.23. The van der Waals surface area contributed by atoms with E-state index < -0.39 is 0 Å². The first-order valence-electron chi connectivity index (χ1n) is 7.05. The van der Waals surface area contributed by atoms with Gasteiger partial charge >= 0.3 is 0 Å². The van der Waals surface area contributed by atoms with Crippen LogP contribution in [0.5, 0.6) is 0 Å². The molecule has 1 aromatic rings. The van der Waals surface area contributed by atoms with Crippen LogP contribution in [0, 0.1) is 20.8 Å². The highest BCUT2D eigenvalue weighted by molar-refractivity contribution is 8.00. The number of carbonyl (C=O) groups excluding carboxylic acids is 1. The number of benzene rings is 1. The molecule has 1 aliphatic rings. The summed E-state index contributed by atoms with van der Waals surface area (Å²) >= 11 is 1.81. The number of amides is 1. The Balaban J connectivity index is 1.91. The van der Waals surface area contributed by atoms with Crippen molar-refractivity contribution in [3.8, 4) is 0 Å². The van der Waals surface area contributed by atoms with Crippen molar-refractivity contribution in [3.63, 3.8) is 0 Å². The van der Waals surface area contributed by atoms with Crippen molar-refractivity contribution in [1.29, 1.82) is 0 Å². The molecule has 1 aromatic carbocycles. The Kier molecular flexibility index (Phi) is 4.92. The fourth-order valence-electron chi connectivity index (χ4n) is 2.80. The van der Waals surface area contributed by atoms with Crippen molar-refractivity contribution in [2.45, 2.75) is 51.7 Å². The van der Waals surface area contributed by atoms with Crippen LogP contribution in [0.25, 0.3) is 0 Å². The van der Waals surface area contributed by atoms with Gasteiger partial charge in [-0.15, -0.1) is 11.8 Å². The zero-order chi connectivity index (χ0) is 13.8. The van der Waals surface area contributed by atoms with Crippen LogP contribution in [-0.4, -0.2) is 16.9 Å². The van der Waals surface area contributed by atoms with Gasteiger partial charge in [0, 0.05) is 10.9 Å². The van der Waals surface area contributed by atoms with E-state index in [1.807, 2.05) is 11.8 Å². The number of carbonyl (C=O) groups is 1. The van der Waals surface area contributed by atoms with E-state index in [0.29, 0.717) is 11.0 Å². The average Bonchev–Trinajstić information content (AvgIpc) is 2.84. The number of hydrogen-bond acceptors (Lipinski definition) is 2. The second-order valence-electron chi connectivity index (χ2n) is 5.54. The molecule has 1 amide bonds. The lowest BCUT2D eigenvalue weighted by atomic mass is 10.1. The summed E-state index contributed by atoms with van der Waals surface area (Å²) in [5, 5.41) is 3.77. The molecule has 0 saturated heterocycles. The van der Waals surface area contributed by atoms with E-state index in [-0.39, 0.29) is 5.91 Å². The second-order valence-corrected chi connectivity index (χ2v) is 6.83. The summed E-state index contributed by atoms with van der Waals surface area (Å²) in [7, 11) is 0. The van der Waals surface area contributed by atoms with E-state index in [4.69, 9.17) is 0 Å². The number of nitrogens with one attached hydrogen (secondary N) is 1. The van der Waals surface area contributed by atoms with Gasteiger partial charge in [0.2, 0.25) is 5.91 Å². The maximum absolute atomic E-state index is 12.0. The molecule has 0 heterocycles. The Hall–Kier alpha value is -0.960.